The van der Waals surface area contributed by atoms with E-state index in [0.29, 0.717) is 13.1 Å². The molecule has 1 aromatic carbocycles. The van der Waals surface area contributed by atoms with Crippen molar-refractivity contribution >= 4 is 12.0 Å². The Morgan fingerprint density at radius 2 is 2.29 bits per heavy atom. The number of rotatable bonds is 6. The van der Waals surface area contributed by atoms with E-state index in [9.17, 15) is 14.7 Å². The number of carbonyl (C=O) groups is 2. The van der Waals surface area contributed by atoms with E-state index in [1.54, 1.807) is 35.1 Å². The molecule has 1 saturated heterocycles. The Morgan fingerprint density at radius 3 is 3.04 bits per heavy atom. The number of nitrogens with zero attached hydrogens (tertiary/aromatic N) is 3. The van der Waals surface area contributed by atoms with Gasteiger partial charge in [-0.2, -0.15) is 5.10 Å². The van der Waals surface area contributed by atoms with Crippen LogP contribution in [0.4, 0.5) is 4.79 Å². The van der Waals surface area contributed by atoms with Crippen LogP contribution in [0.5, 0.6) is 5.75 Å². The van der Waals surface area contributed by atoms with Crippen LogP contribution in [0.1, 0.15) is 5.56 Å². The molecule has 0 saturated carbocycles. The molecule has 0 spiro atoms. The zero-order valence-corrected chi connectivity index (χ0v) is 13.0. The Bertz CT molecular complexity index is 717. The fourth-order valence-corrected chi connectivity index (χ4v) is 2.54. The highest BCUT2D eigenvalue weighted by Gasteiger charge is 2.37. The van der Waals surface area contributed by atoms with E-state index in [4.69, 9.17) is 4.74 Å². The third-order valence-electron chi connectivity index (χ3n) is 3.74. The van der Waals surface area contributed by atoms with Crippen LogP contribution in [0.15, 0.2) is 42.7 Å². The first-order valence-corrected chi connectivity index (χ1v) is 7.60. The van der Waals surface area contributed by atoms with E-state index in [1.807, 2.05) is 12.3 Å². The van der Waals surface area contributed by atoms with Crippen molar-refractivity contribution in [2.45, 2.75) is 19.1 Å². The summed E-state index contributed by atoms with van der Waals surface area (Å²) in [6, 6.07) is 7.69. The van der Waals surface area contributed by atoms with Crippen molar-refractivity contribution in [3.8, 4) is 5.75 Å². The number of hydrogen-bond donors (Lipinski definition) is 2. The SMILES string of the molecule is O=C(NCCn1cccn1)[C@@H]1COC(=O)N1Cc1cccc(O)c1. The predicted octanol–water partition coefficient (Wildman–Crippen LogP) is 0.726. The molecule has 0 aliphatic carbocycles. The molecule has 8 heteroatoms. The minimum atomic E-state index is -0.683. The van der Waals surface area contributed by atoms with Gasteiger partial charge >= 0.3 is 6.09 Å². The molecule has 1 fully saturated rings. The van der Waals surface area contributed by atoms with Crippen molar-refractivity contribution in [3.63, 3.8) is 0 Å². The summed E-state index contributed by atoms with van der Waals surface area (Å²) in [6.07, 6.45) is 2.94. The smallest absolute Gasteiger partial charge is 0.410 e. The number of carbonyl (C=O) groups excluding carboxylic acids is 2. The van der Waals surface area contributed by atoms with Gasteiger partial charge in [-0.25, -0.2) is 4.79 Å². The van der Waals surface area contributed by atoms with Gasteiger partial charge in [0, 0.05) is 18.9 Å². The van der Waals surface area contributed by atoms with E-state index in [1.165, 1.54) is 4.90 Å². The van der Waals surface area contributed by atoms with Crippen molar-refractivity contribution in [1.29, 1.82) is 0 Å². The number of cyclic esters (lactones) is 1. The van der Waals surface area contributed by atoms with Gasteiger partial charge in [0.15, 0.2) is 0 Å². The van der Waals surface area contributed by atoms with Gasteiger partial charge in [-0.1, -0.05) is 12.1 Å². The number of benzene rings is 1. The molecule has 2 aromatic rings. The fourth-order valence-electron chi connectivity index (χ4n) is 2.54. The number of phenolic OH excluding ortho intramolecular Hbond substituents is 1. The Balaban J connectivity index is 1.58. The number of ether oxygens (including phenoxy) is 1. The maximum absolute atomic E-state index is 12.3. The molecule has 0 bridgehead atoms. The minimum Gasteiger partial charge on any atom is -0.508 e. The van der Waals surface area contributed by atoms with Gasteiger partial charge in [-0.3, -0.25) is 14.4 Å². The molecule has 2 amide bonds. The van der Waals surface area contributed by atoms with Crippen LogP contribution < -0.4 is 5.32 Å². The summed E-state index contributed by atoms with van der Waals surface area (Å²) in [7, 11) is 0. The molecule has 126 valence electrons. The summed E-state index contributed by atoms with van der Waals surface area (Å²) < 4.78 is 6.71. The predicted molar refractivity (Wildman–Crippen MR) is 84.0 cm³/mol. The first-order valence-electron chi connectivity index (χ1n) is 7.60. The molecular formula is C16H18N4O4. The number of aromatic nitrogens is 2. The lowest BCUT2D eigenvalue weighted by molar-refractivity contribution is -0.125. The maximum atomic E-state index is 12.3. The molecular weight excluding hydrogens is 312 g/mol. The molecule has 3 rings (SSSR count). The molecule has 24 heavy (non-hydrogen) atoms. The highest BCUT2D eigenvalue weighted by Crippen LogP contribution is 2.19. The Morgan fingerprint density at radius 1 is 1.42 bits per heavy atom. The lowest BCUT2D eigenvalue weighted by atomic mass is 10.1. The molecule has 0 unspecified atom stereocenters. The monoisotopic (exact) mass is 330 g/mol. The lowest BCUT2D eigenvalue weighted by Gasteiger charge is -2.21. The molecule has 2 heterocycles. The number of phenols is 1. The van der Waals surface area contributed by atoms with Gasteiger partial charge in [0.25, 0.3) is 0 Å². The Hall–Kier alpha value is -3.03. The normalized spacial score (nSPS) is 16.9. The second-order valence-electron chi connectivity index (χ2n) is 5.45. The van der Waals surface area contributed by atoms with Gasteiger partial charge in [-0.05, 0) is 23.8 Å². The summed E-state index contributed by atoms with van der Waals surface area (Å²) >= 11 is 0. The zero-order chi connectivity index (χ0) is 16.9. The molecule has 1 aliphatic rings. The molecule has 1 aliphatic heterocycles. The molecule has 2 N–H and O–H groups in total. The number of hydrogen-bond acceptors (Lipinski definition) is 5. The summed E-state index contributed by atoms with van der Waals surface area (Å²) in [6.45, 7) is 1.17. The summed E-state index contributed by atoms with van der Waals surface area (Å²) in [5.74, 6) is -0.159. The Kier molecular flexibility index (Phi) is 4.64. The number of nitrogens with one attached hydrogen (secondary N) is 1. The second-order valence-corrected chi connectivity index (χ2v) is 5.45. The van der Waals surface area contributed by atoms with Crippen molar-refractivity contribution < 1.29 is 19.4 Å². The van der Waals surface area contributed by atoms with Gasteiger partial charge < -0.3 is 15.2 Å². The maximum Gasteiger partial charge on any atom is 0.410 e. The summed E-state index contributed by atoms with van der Waals surface area (Å²) in [5, 5.41) is 16.4. The van der Waals surface area contributed by atoms with Crippen LogP contribution in [0, 0.1) is 0 Å². The second kappa shape index (κ2) is 7.03. The van der Waals surface area contributed by atoms with Crippen LogP contribution in [-0.2, 0) is 22.6 Å². The van der Waals surface area contributed by atoms with Gasteiger partial charge in [0.2, 0.25) is 5.91 Å². The fraction of sp³-hybridized carbons (Fsp3) is 0.312. The van der Waals surface area contributed by atoms with E-state index >= 15 is 0 Å². The largest absolute Gasteiger partial charge is 0.508 e. The van der Waals surface area contributed by atoms with Crippen molar-refractivity contribution in [2.75, 3.05) is 13.2 Å². The van der Waals surface area contributed by atoms with Crippen molar-refractivity contribution in [3.05, 3.63) is 48.3 Å². The van der Waals surface area contributed by atoms with Crippen LogP contribution in [0.3, 0.4) is 0 Å². The van der Waals surface area contributed by atoms with Crippen molar-refractivity contribution in [1.82, 2.24) is 20.0 Å². The van der Waals surface area contributed by atoms with E-state index in [-0.39, 0.29) is 24.8 Å². The highest BCUT2D eigenvalue weighted by molar-refractivity contribution is 5.87. The third kappa shape index (κ3) is 3.65. The first kappa shape index (κ1) is 15.9. The molecule has 1 aromatic heterocycles. The average molecular weight is 330 g/mol. The van der Waals surface area contributed by atoms with Gasteiger partial charge in [0.1, 0.15) is 18.4 Å². The molecule has 8 nitrogen and oxygen atoms in total. The van der Waals surface area contributed by atoms with E-state index in [0.717, 1.165) is 5.56 Å². The zero-order valence-electron chi connectivity index (χ0n) is 13.0. The van der Waals surface area contributed by atoms with E-state index in [2.05, 4.69) is 10.4 Å². The summed E-state index contributed by atoms with van der Waals surface area (Å²) in [4.78, 5) is 25.6. The quantitative estimate of drug-likeness (QED) is 0.814. The number of aromatic hydroxyl groups is 1. The van der Waals surface area contributed by atoms with Crippen LogP contribution >= 0.6 is 0 Å². The van der Waals surface area contributed by atoms with Crippen LogP contribution in [0.2, 0.25) is 0 Å². The topological polar surface area (TPSA) is 96.7 Å². The van der Waals surface area contributed by atoms with Crippen LogP contribution in [0.25, 0.3) is 0 Å². The highest BCUT2D eigenvalue weighted by atomic mass is 16.6. The van der Waals surface area contributed by atoms with Gasteiger partial charge in [-0.15, -0.1) is 0 Å². The minimum absolute atomic E-state index is 0.0191. The lowest BCUT2D eigenvalue weighted by Crippen LogP contribution is -2.46. The third-order valence-corrected chi connectivity index (χ3v) is 3.74. The summed E-state index contributed by atoms with van der Waals surface area (Å²) in [5.41, 5.74) is 0.725. The molecule has 1 atom stereocenters. The molecule has 0 radical (unpaired) electrons. The standard InChI is InChI=1S/C16H18N4O4/c21-13-4-1-3-12(9-13)10-20-14(11-24-16(20)23)15(22)17-6-8-19-7-2-5-18-19/h1-5,7,9,14,21H,6,8,10-11H2,(H,17,22)/t14-/m0/s1. The van der Waals surface area contributed by atoms with Crippen molar-refractivity contribution in [2.24, 2.45) is 0 Å². The van der Waals surface area contributed by atoms with Crippen LogP contribution in [-0.4, -0.2) is 51.0 Å². The van der Waals surface area contributed by atoms with E-state index < -0.39 is 12.1 Å². The average Bonchev–Trinajstić information content (AvgIpc) is 3.18. The number of amides is 2. The Labute approximate surface area is 138 Å². The first-order chi connectivity index (χ1) is 11.6. The van der Waals surface area contributed by atoms with Gasteiger partial charge in [0.05, 0.1) is 13.1 Å².